The monoisotopic (exact) mass is 335 g/mol. The second kappa shape index (κ2) is 7.19. The fourth-order valence-corrected chi connectivity index (χ4v) is 2.89. The summed E-state index contributed by atoms with van der Waals surface area (Å²) in [6.45, 7) is 9.31. The molecule has 0 bridgehead atoms. The van der Waals surface area contributed by atoms with E-state index in [2.05, 4.69) is 26.1 Å². The summed E-state index contributed by atoms with van der Waals surface area (Å²) in [5, 5.41) is 4.13. The van der Waals surface area contributed by atoms with Gasteiger partial charge >= 0.3 is 0 Å². The molecule has 0 fully saturated rings. The third kappa shape index (κ3) is 3.64. The van der Waals surface area contributed by atoms with Gasteiger partial charge in [-0.1, -0.05) is 43.7 Å². The minimum absolute atomic E-state index is 0.0253. The predicted molar refractivity (Wildman–Crippen MR) is 103 cm³/mol. The van der Waals surface area contributed by atoms with E-state index in [0.717, 1.165) is 29.1 Å². The van der Waals surface area contributed by atoms with Gasteiger partial charge in [-0.3, -0.25) is 9.36 Å². The largest absolute Gasteiger partial charge is 0.307 e. The smallest absolute Gasteiger partial charge is 0.266 e. The summed E-state index contributed by atoms with van der Waals surface area (Å²) in [7, 11) is 0. The molecule has 0 aliphatic rings. The van der Waals surface area contributed by atoms with Crippen LogP contribution in [0.4, 0.5) is 0 Å². The number of nitrogens with one attached hydrogen (secondary N) is 1. The van der Waals surface area contributed by atoms with Gasteiger partial charge in [0.25, 0.3) is 5.56 Å². The van der Waals surface area contributed by atoms with Crippen LogP contribution < -0.4 is 10.9 Å². The lowest BCUT2D eigenvalue weighted by atomic mass is 10.1. The van der Waals surface area contributed by atoms with Crippen LogP contribution in [-0.2, 0) is 0 Å². The number of hydrogen-bond acceptors (Lipinski definition) is 3. The quantitative estimate of drug-likeness (QED) is 0.766. The van der Waals surface area contributed by atoms with Crippen LogP contribution in [0, 0.1) is 12.8 Å². The summed E-state index contributed by atoms with van der Waals surface area (Å²) < 4.78 is 1.74. The first-order valence-electron chi connectivity index (χ1n) is 8.79. The normalized spacial score (nSPS) is 12.7. The highest BCUT2D eigenvalue weighted by Crippen LogP contribution is 2.18. The minimum atomic E-state index is -0.0268. The van der Waals surface area contributed by atoms with Crippen LogP contribution in [0.1, 0.15) is 38.2 Å². The fraction of sp³-hybridized carbons (Fsp3) is 0.333. The van der Waals surface area contributed by atoms with Crippen LogP contribution in [0.5, 0.6) is 0 Å². The van der Waals surface area contributed by atoms with Gasteiger partial charge in [0, 0.05) is 0 Å². The zero-order chi connectivity index (χ0) is 18.0. The van der Waals surface area contributed by atoms with Gasteiger partial charge in [-0.15, -0.1) is 0 Å². The first-order chi connectivity index (χ1) is 12.0. The van der Waals surface area contributed by atoms with Crippen molar-refractivity contribution in [1.29, 1.82) is 0 Å². The first kappa shape index (κ1) is 17.4. The van der Waals surface area contributed by atoms with Crippen LogP contribution in [-0.4, -0.2) is 16.1 Å². The van der Waals surface area contributed by atoms with Gasteiger partial charge in [0.15, 0.2) is 0 Å². The minimum Gasteiger partial charge on any atom is -0.307 e. The molecular formula is C21H25N3O. The molecule has 130 valence electrons. The molecule has 0 aliphatic heterocycles. The SMILES string of the molecule is Cc1ccc(-n2c(C(C)NCC(C)C)nc3ccccc3c2=O)cc1. The molecule has 3 rings (SSSR count). The molecule has 1 unspecified atom stereocenters. The van der Waals surface area contributed by atoms with Gasteiger partial charge in [0.2, 0.25) is 0 Å². The van der Waals surface area contributed by atoms with E-state index in [9.17, 15) is 4.79 Å². The number of rotatable bonds is 5. The van der Waals surface area contributed by atoms with Crippen molar-refractivity contribution in [3.8, 4) is 5.69 Å². The predicted octanol–water partition coefficient (Wildman–Crippen LogP) is 4.00. The highest BCUT2D eigenvalue weighted by Gasteiger charge is 2.17. The van der Waals surface area contributed by atoms with E-state index in [1.165, 1.54) is 0 Å². The molecule has 0 radical (unpaired) electrons. The molecule has 2 aromatic carbocycles. The third-order valence-electron chi connectivity index (χ3n) is 4.31. The average molecular weight is 335 g/mol. The van der Waals surface area contributed by atoms with Crippen molar-refractivity contribution >= 4 is 10.9 Å². The Morgan fingerprint density at radius 1 is 1.04 bits per heavy atom. The molecule has 0 saturated heterocycles. The van der Waals surface area contributed by atoms with Gasteiger partial charge in [-0.25, -0.2) is 4.98 Å². The molecule has 0 amide bonds. The van der Waals surface area contributed by atoms with Crippen molar-refractivity contribution in [3.05, 3.63) is 70.3 Å². The van der Waals surface area contributed by atoms with Crippen LogP contribution in [0.15, 0.2) is 53.3 Å². The van der Waals surface area contributed by atoms with Crippen LogP contribution in [0.3, 0.4) is 0 Å². The fourth-order valence-electron chi connectivity index (χ4n) is 2.89. The Morgan fingerprint density at radius 3 is 2.40 bits per heavy atom. The maximum absolute atomic E-state index is 13.2. The second-order valence-corrected chi connectivity index (χ2v) is 6.99. The summed E-state index contributed by atoms with van der Waals surface area (Å²) in [4.78, 5) is 18.0. The summed E-state index contributed by atoms with van der Waals surface area (Å²) in [5.74, 6) is 1.27. The molecule has 3 aromatic rings. The molecule has 1 N–H and O–H groups in total. The zero-order valence-corrected chi connectivity index (χ0v) is 15.3. The Bertz CT molecular complexity index is 926. The molecule has 4 heteroatoms. The summed E-state index contributed by atoms with van der Waals surface area (Å²) in [5.41, 5.74) is 2.73. The third-order valence-corrected chi connectivity index (χ3v) is 4.31. The van der Waals surface area contributed by atoms with Gasteiger partial charge in [0.05, 0.1) is 22.6 Å². The lowest BCUT2D eigenvalue weighted by molar-refractivity contribution is 0.475. The number of benzene rings is 2. The van der Waals surface area contributed by atoms with E-state index in [1.54, 1.807) is 4.57 Å². The van der Waals surface area contributed by atoms with Gasteiger partial charge in [0.1, 0.15) is 5.82 Å². The van der Waals surface area contributed by atoms with Crippen molar-refractivity contribution in [2.45, 2.75) is 33.7 Å². The van der Waals surface area contributed by atoms with Crippen molar-refractivity contribution in [1.82, 2.24) is 14.9 Å². The molecule has 0 aliphatic carbocycles. The summed E-state index contributed by atoms with van der Waals surface area (Å²) >= 11 is 0. The number of fused-ring (bicyclic) bond motifs is 1. The van der Waals surface area contributed by atoms with Crippen molar-refractivity contribution in [2.75, 3.05) is 6.54 Å². The highest BCUT2D eigenvalue weighted by molar-refractivity contribution is 5.77. The van der Waals surface area contributed by atoms with Gasteiger partial charge in [-0.05, 0) is 50.6 Å². The second-order valence-electron chi connectivity index (χ2n) is 6.99. The zero-order valence-electron chi connectivity index (χ0n) is 15.3. The average Bonchev–Trinajstić information content (AvgIpc) is 2.60. The molecule has 4 nitrogen and oxygen atoms in total. The van der Waals surface area contributed by atoms with Crippen molar-refractivity contribution in [3.63, 3.8) is 0 Å². The standard InChI is InChI=1S/C21H25N3O/c1-14(2)13-22-16(4)20-23-19-8-6-5-7-18(19)21(25)24(20)17-11-9-15(3)10-12-17/h5-12,14,16,22H,13H2,1-4H3. The highest BCUT2D eigenvalue weighted by atomic mass is 16.1. The number of hydrogen-bond donors (Lipinski definition) is 1. The van der Waals surface area contributed by atoms with E-state index >= 15 is 0 Å². The molecule has 0 spiro atoms. The molecule has 25 heavy (non-hydrogen) atoms. The Kier molecular flexibility index (Phi) is 5.00. The van der Waals surface area contributed by atoms with Crippen molar-refractivity contribution in [2.24, 2.45) is 5.92 Å². The van der Waals surface area contributed by atoms with Gasteiger partial charge in [-0.2, -0.15) is 0 Å². The maximum atomic E-state index is 13.2. The number of aryl methyl sites for hydroxylation is 1. The summed E-state index contributed by atoms with van der Waals surface area (Å²) in [6.07, 6.45) is 0. The Hall–Kier alpha value is -2.46. The van der Waals surface area contributed by atoms with E-state index in [1.807, 2.05) is 55.5 Å². The van der Waals surface area contributed by atoms with Crippen LogP contribution >= 0.6 is 0 Å². The topological polar surface area (TPSA) is 46.9 Å². The lowest BCUT2D eigenvalue weighted by Gasteiger charge is -2.20. The molecular weight excluding hydrogens is 310 g/mol. The summed E-state index contributed by atoms with van der Waals surface area (Å²) in [6, 6.07) is 15.5. The maximum Gasteiger partial charge on any atom is 0.266 e. The molecule has 0 saturated carbocycles. The van der Waals surface area contributed by atoms with Crippen molar-refractivity contribution < 1.29 is 0 Å². The van der Waals surface area contributed by atoms with Crippen LogP contribution in [0.2, 0.25) is 0 Å². The lowest BCUT2D eigenvalue weighted by Crippen LogP contribution is -2.31. The van der Waals surface area contributed by atoms with E-state index in [4.69, 9.17) is 4.98 Å². The molecule has 1 heterocycles. The van der Waals surface area contributed by atoms with Gasteiger partial charge < -0.3 is 5.32 Å². The Balaban J connectivity index is 2.20. The Morgan fingerprint density at radius 2 is 1.72 bits per heavy atom. The molecule has 1 aromatic heterocycles. The number of nitrogens with zero attached hydrogens (tertiary/aromatic N) is 2. The van der Waals surface area contributed by atoms with E-state index in [0.29, 0.717) is 11.3 Å². The number of aromatic nitrogens is 2. The van der Waals surface area contributed by atoms with Crippen LogP contribution in [0.25, 0.3) is 16.6 Å². The van der Waals surface area contributed by atoms with E-state index < -0.39 is 0 Å². The Labute approximate surface area is 148 Å². The number of para-hydroxylation sites is 1. The molecule has 1 atom stereocenters. The van der Waals surface area contributed by atoms with E-state index in [-0.39, 0.29) is 11.6 Å². The first-order valence-corrected chi connectivity index (χ1v) is 8.79.